The summed E-state index contributed by atoms with van der Waals surface area (Å²) in [6, 6.07) is 3.75. The average Bonchev–Trinajstić information content (AvgIpc) is 2.35. The molecule has 0 bridgehead atoms. The van der Waals surface area contributed by atoms with Gasteiger partial charge in [-0.1, -0.05) is 17.7 Å². The van der Waals surface area contributed by atoms with Gasteiger partial charge in [-0.25, -0.2) is 0 Å². The van der Waals surface area contributed by atoms with E-state index in [1.807, 2.05) is 12.1 Å². The maximum atomic E-state index is 6.22. The summed E-state index contributed by atoms with van der Waals surface area (Å²) in [5.41, 5.74) is 0.960. The summed E-state index contributed by atoms with van der Waals surface area (Å²) in [4.78, 5) is 0. The van der Waals surface area contributed by atoms with Crippen LogP contribution in [0.25, 0.3) is 0 Å². The molecule has 3 nitrogen and oxygen atoms in total. The van der Waals surface area contributed by atoms with E-state index in [1.54, 1.807) is 14.2 Å². The Morgan fingerprint density at radius 1 is 1.35 bits per heavy atom. The topological polar surface area (TPSA) is 30.5 Å². The van der Waals surface area contributed by atoms with Crippen LogP contribution in [-0.2, 0) is 6.54 Å². The molecule has 1 N–H and O–H groups in total. The van der Waals surface area contributed by atoms with Crippen LogP contribution >= 0.6 is 11.6 Å². The number of benzene rings is 1. The number of terminal acetylenes is 1. The van der Waals surface area contributed by atoms with Crippen molar-refractivity contribution in [3.8, 4) is 23.8 Å². The van der Waals surface area contributed by atoms with Gasteiger partial charge in [0.2, 0.25) is 0 Å². The lowest BCUT2D eigenvalue weighted by atomic mass is 10.2. The second kappa shape index (κ2) is 7.05. The Morgan fingerprint density at radius 2 is 2.12 bits per heavy atom. The van der Waals surface area contributed by atoms with Crippen molar-refractivity contribution in [1.82, 2.24) is 5.32 Å². The van der Waals surface area contributed by atoms with E-state index in [0.29, 0.717) is 29.5 Å². The first-order valence-electron chi connectivity index (χ1n) is 5.28. The highest BCUT2D eigenvalue weighted by atomic mass is 35.5. The molecule has 0 aliphatic rings. The lowest BCUT2D eigenvalue weighted by Crippen LogP contribution is -2.14. The van der Waals surface area contributed by atoms with Gasteiger partial charge in [0.05, 0.1) is 19.2 Å². The van der Waals surface area contributed by atoms with E-state index in [0.717, 1.165) is 12.1 Å². The number of nitrogens with one attached hydrogen (secondary N) is 1. The fourth-order valence-corrected chi connectivity index (χ4v) is 1.75. The summed E-state index contributed by atoms with van der Waals surface area (Å²) in [5, 5.41) is 3.78. The Kier molecular flexibility index (Phi) is 5.68. The maximum Gasteiger partial charge on any atom is 0.179 e. The lowest BCUT2D eigenvalue weighted by Gasteiger charge is -2.13. The van der Waals surface area contributed by atoms with Crippen molar-refractivity contribution in [2.45, 2.75) is 13.0 Å². The van der Waals surface area contributed by atoms with E-state index < -0.39 is 0 Å². The Morgan fingerprint density at radius 3 is 2.71 bits per heavy atom. The van der Waals surface area contributed by atoms with Gasteiger partial charge in [-0.3, -0.25) is 0 Å². The van der Waals surface area contributed by atoms with Gasteiger partial charge >= 0.3 is 0 Å². The van der Waals surface area contributed by atoms with Crippen LogP contribution in [0.3, 0.4) is 0 Å². The Bertz CT molecular complexity index is 413. The minimum Gasteiger partial charge on any atom is -0.493 e. The van der Waals surface area contributed by atoms with Gasteiger partial charge in [0.15, 0.2) is 11.5 Å². The quantitative estimate of drug-likeness (QED) is 0.624. The highest BCUT2D eigenvalue weighted by Crippen LogP contribution is 2.37. The number of hydrogen-bond acceptors (Lipinski definition) is 3. The van der Waals surface area contributed by atoms with Gasteiger partial charge in [0, 0.05) is 19.5 Å². The van der Waals surface area contributed by atoms with Gasteiger partial charge in [0.25, 0.3) is 0 Å². The van der Waals surface area contributed by atoms with Crippen LogP contribution in [0.2, 0.25) is 5.02 Å². The summed E-state index contributed by atoms with van der Waals surface area (Å²) < 4.78 is 10.4. The molecule has 0 aromatic heterocycles. The number of hydrogen-bond donors (Lipinski definition) is 1. The van der Waals surface area contributed by atoms with Gasteiger partial charge < -0.3 is 14.8 Å². The van der Waals surface area contributed by atoms with Crippen molar-refractivity contribution in [2.24, 2.45) is 0 Å². The third kappa shape index (κ3) is 3.55. The molecule has 1 rings (SSSR count). The van der Waals surface area contributed by atoms with Gasteiger partial charge in [0.1, 0.15) is 0 Å². The van der Waals surface area contributed by atoms with E-state index in [4.69, 9.17) is 27.5 Å². The SMILES string of the molecule is C#CCCNCc1ccc(OC)c(OC)c1Cl. The zero-order chi connectivity index (χ0) is 12.7. The molecule has 1 aromatic carbocycles. The predicted octanol–water partition coefficient (Wildman–Crippen LogP) is 2.47. The minimum atomic E-state index is 0.561. The first-order valence-corrected chi connectivity index (χ1v) is 5.66. The van der Waals surface area contributed by atoms with Gasteiger partial charge in [-0.15, -0.1) is 12.3 Å². The normalized spacial score (nSPS) is 9.76. The lowest BCUT2D eigenvalue weighted by molar-refractivity contribution is 0.354. The van der Waals surface area contributed by atoms with E-state index in [9.17, 15) is 0 Å². The summed E-state index contributed by atoms with van der Waals surface area (Å²) in [6.45, 7) is 1.42. The summed E-state index contributed by atoms with van der Waals surface area (Å²) in [7, 11) is 3.15. The molecule has 92 valence electrons. The Balaban J connectivity index is 2.77. The molecule has 4 heteroatoms. The molecule has 0 amide bonds. The van der Waals surface area contributed by atoms with Crippen LogP contribution in [0.15, 0.2) is 12.1 Å². The predicted molar refractivity (Wildman–Crippen MR) is 69.7 cm³/mol. The fraction of sp³-hybridized carbons (Fsp3) is 0.385. The summed E-state index contributed by atoms with van der Waals surface area (Å²) >= 11 is 6.22. The van der Waals surface area contributed by atoms with Crippen molar-refractivity contribution >= 4 is 11.6 Å². The third-order valence-corrected chi connectivity index (χ3v) is 2.74. The molecular weight excluding hydrogens is 238 g/mol. The molecule has 0 aliphatic carbocycles. The number of halogens is 1. The van der Waals surface area contributed by atoms with E-state index in [1.165, 1.54) is 0 Å². The zero-order valence-electron chi connectivity index (χ0n) is 10.0. The van der Waals surface area contributed by atoms with Crippen LogP contribution in [-0.4, -0.2) is 20.8 Å². The van der Waals surface area contributed by atoms with Crippen LogP contribution in [0.4, 0.5) is 0 Å². The summed E-state index contributed by atoms with van der Waals surface area (Å²) in [5.74, 6) is 3.76. The van der Waals surface area contributed by atoms with Crippen LogP contribution < -0.4 is 14.8 Å². The van der Waals surface area contributed by atoms with Crippen molar-refractivity contribution in [3.63, 3.8) is 0 Å². The smallest absolute Gasteiger partial charge is 0.179 e. The van der Waals surface area contributed by atoms with Crippen LogP contribution in [0.1, 0.15) is 12.0 Å². The second-order valence-corrected chi connectivity index (χ2v) is 3.78. The van der Waals surface area contributed by atoms with Crippen molar-refractivity contribution < 1.29 is 9.47 Å². The van der Waals surface area contributed by atoms with Crippen molar-refractivity contribution in [2.75, 3.05) is 20.8 Å². The number of methoxy groups -OCH3 is 2. The molecule has 0 heterocycles. The van der Waals surface area contributed by atoms with E-state index in [-0.39, 0.29) is 0 Å². The Labute approximate surface area is 107 Å². The first kappa shape index (κ1) is 13.7. The maximum absolute atomic E-state index is 6.22. The highest BCUT2D eigenvalue weighted by Gasteiger charge is 2.12. The molecule has 0 unspecified atom stereocenters. The molecule has 0 radical (unpaired) electrons. The fourth-order valence-electron chi connectivity index (χ4n) is 1.45. The second-order valence-electron chi connectivity index (χ2n) is 3.41. The Hall–Kier alpha value is -1.37. The molecule has 0 saturated carbocycles. The van der Waals surface area contributed by atoms with Gasteiger partial charge in [-0.05, 0) is 11.6 Å². The average molecular weight is 254 g/mol. The number of ether oxygens (including phenoxy) is 2. The molecule has 0 saturated heterocycles. The highest BCUT2D eigenvalue weighted by molar-refractivity contribution is 6.33. The molecule has 17 heavy (non-hydrogen) atoms. The van der Waals surface area contributed by atoms with E-state index in [2.05, 4.69) is 11.2 Å². The molecule has 0 fully saturated rings. The third-order valence-electron chi connectivity index (χ3n) is 2.33. The zero-order valence-corrected chi connectivity index (χ0v) is 10.8. The molecule has 0 spiro atoms. The first-order chi connectivity index (χ1) is 8.24. The molecule has 1 aromatic rings. The van der Waals surface area contributed by atoms with Crippen molar-refractivity contribution in [1.29, 1.82) is 0 Å². The number of rotatable bonds is 6. The van der Waals surface area contributed by atoms with Gasteiger partial charge in [-0.2, -0.15) is 0 Å². The molecule has 0 atom stereocenters. The molecule has 0 aliphatic heterocycles. The van der Waals surface area contributed by atoms with Crippen LogP contribution in [0.5, 0.6) is 11.5 Å². The van der Waals surface area contributed by atoms with Crippen LogP contribution in [0, 0.1) is 12.3 Å². The standard InChI is InChI=1S/C13H16ClNO2/c1-4-5-8-15-9-10-6-7-11(16-2)13(17-3)12(10)14/h1,6-7,15H,5,8-9H2,2-3H3. The minimum absolute atomic E-state index is 0.561. The van der Waals surface area contributed by atoms with Crippen molar-refractivity contribution in [3.05, 3.63) is 22.7 Å². The largest absolute Gasteiger partial charge is 0.493 e. The monoisotopic (exact) mass is 253 g/mol. The molecular formula is C13H16ClNO2. The summed E-state index contributed by atoms with van der Waals surface area (Å²) in [6.07, 6.45) is 5.87. The van der Waals surface area contributed by atoms with E-state index >= 15 is 0 Å².